The summed E-state index contributed by atoms with van der Waals surface area (Å²) in [5, 5.41) is 0. The maximum Gasteiger partial charge on any atom is 0.232 e. The summed E-state index contributed by atoms with van der Waals surface area (Å²) >= 11 is 1.68. The Kier molecular flexibility index (Phi) is 9.89. The molecule has 0 aliphatic carbocycles. The van der Waals surface area contributed by atoms with Crippen LogP contribution in [0.5, 0.6) is 0 Å². The van der Waals surface area contributed by atoms with E-state index < -0.39 is 0 Å². The molecule has 4 nitrogen and oxygen atoms in total. The predicted octanol–water partition coefficient (Wildman–Crippen LogP) is 2.15. The van der Waals surface area contributed by atoms with Gasteiger partial charge in [-0.1, -0.05) is 13.8 Å². The fourth-order valence-corrected chi connectivity index (χ4v) is 3.16. The zero-order valence-electron chi connectivity index (χ0n) is 12.9. The number of hydrogen-bond donors (Lipinski definition) is 1. The lowest BCUT2D eigenvalue weighted by Gasteiger charge is -2.29. The maximum absolute atomic E-state index is 12.0. The highest BCUT2D eigenvalue weighted by Crippen LogP contribution is 2.18. The Bertz CT molecular complexity index is 284. The van der Waals surface area contributed by atoms with Crippen molar-refractivity contribution in [3.8, 4) is 0 Å². The van der Waals surface area contributed by atoms with Crippen molar-refractivity contribution in [2.24, 2.45) is 11.1 Å². The van der Waals surface area contributed by atoms with E-state index in [1.165, 1.54) is 12.8 Å². The second-order valence-corrected chi connectivity index (χ2v) is 7.15. The summed E-state index contributed by atoms with van der Waals surface area (Å²) in [5.41, 5.74) is 5.68. The number of amides is 1. The van der Waals surface area contributed by atoms with Crippen LogP contribution in [0.25, 0.3) is 0 Å². The lowest BCUT2D eigenvalue weighted by Crippen LogP contribution is -2.40. The van der Waals surface area contributed by atoms with E-state index in [1.54, 1.807) is 16.7 Å². The summed E-state index contributed by atoms with van der Waals surface area (Å²) in [6, 6.07) is 0. The molecule has 120 valence electrons. The highest BCUT2D eigenvalue weighted by atomic mass is 35.5. The third-order valence-corrected chi connectivity index (χ3v) is 4.51. The summed E-state index contributed by atoms with van der Waals surface area (Å²) in [4.78, 5) is 13.8. The van der Waals surface area contributed by atoms with Crippen molar-refractivity contribution >= 4 is 30.1 Å². The monoisotopic (exact) mass is 324 g/mol. The average molecular weight is 325 g/mol. The van der Waals surface area contributed by atoms with E-state index in [9.17, 15) is 4.79 Å². The Morgan fingerprint density at radius 1 is 1.45 bits per heavy atom. The zero-order valence-corrected chi connectivity index (χ0v) is 14.5. The largest absolute Gasteiger partial charge is 0.377 e. The van der Waals surface area contributed by atoms with Crippen LogP contribution in [0.4, 0.5) is 0 Å². The van der Waals surface area contributed by atoms with Crippen molar-refractivity contribution in [3.63, 3.8) is 0 Å². The quantitative estimate of drug-likeness (QED) is 0.779. The lowest BCUT2D eigenvalue weighted by molar-refractivity contribution is -0.128. The number of halogens is 1. The molecule has 0 bridgehead atoms. The van der Waals surface area contributed by atoms with E-state index in [-0.39, 0.29) is 23.7 Å². The van der Waals surface area contributed by atoms with Crippen molar-refractivity contribution in [1.82, 2.24) is 4.90 Å². The van der Waals surface area contributed by atoms with Gasteiger partial charge >= 0.3 is 0 Å². The molecule has 6 heteroatoms. The van der Waals surface area contributed by atoms with E-state index in [4.69, 9.17) is 10.5 Å². The van der Waals surface area contributed by atoms with E-state index in [0.717, 1.165) is 18.8 Å². The highest BCUT2D eigenvalue weighted by molar-refractivity contribution is 7.99. The molecule has 0 saturated carbocycles. The zero-order chi connectivity index (χ0) is 14.3. The molecule has 1 fully saturated rings. The van der Waals surface area contributed by atoms with Gasteiger partial charge in [-0.15, -0.1) is 24.2 Å². The smallest absolute Gasteiger partial charge is 0.232 e. The minimum Gasteiger partial charge on any atom is -0.377 e. The number of nitrogens with zero attached hydrogens (tertiary/aromatic N) is 1. The fourth-order valence-electron chi connectivity index (χ4n) is 2.12. The first-order valence-electron chi connectivity index (χ1n) is 7.08. The van der Waals surface area contributed by atoms with Crippen molar-refractivity contribution in [1.29, 1.82) is 0 Å². The summed E-state index contributed by atoms with van der Waals surface area (Å²) < 4.78 is 5.66. The van der Waals surface area contributed by atoms with Crippen LogP contribution in [-0.4, -0.2) is 55.2 Å². The fraction of sp³-hybridized carbons (Fsp3) is 0.929. The predicted molar refractivity (Wildman–Crippen MR) is 88.6 cm³/mol. The van der Waals surface area contributed by atoms with Crippen molar-refractivity contribution in [2.45, 2.75) is 39.2 Å². The summed E-state index contributed by atoms with van der Waals surface area (Å²) in [5.74, 6) is 1.65. The highest BCUT2D eigenvalue weighted by Gasteiger charge is 2.21. The van der Waals surface area contributed by atoms with Crippen molar-refractivity contribution in [3.05, 3.63) is 0 Å². The van der Waals surface area contributed by atoms with Crippen LogP contribution in [0.1, 0.15) is 33.1 Å². The number of carbonyl (C=O) groups excluding carboxylic acids is 1. The molecule has 1 rings (SSSR count). The second-order valence-electron chi connectivity index (χ2n) is 6.12. The third-order valence-electron chi connectivity index (χ3n) is 3.45. The van der Waals surface area contributed by atoms with Crippen LogP contribution in [0.3, 0.4) is 0 Å². The van der Waals surface area contributed by atoms with Crippen LogP contribution in [0.2, 0.25) is 0 Å². The minimum atomic E-state index is -0.0123. The molecular formula is C14H29ClN2O2S. The van der Waals surface area contributed by atoms with Gasteiger partial charge in [0.15, 0.2) is 0 Å². The van der Waals surface area contributed by atoms with Gasteiger partial charge < -0.3 is 15.4 Å². The van der Waals surface area contributed by atoms with Crippen LogP contribution in [0.15, 0.2) is 0 Å². The Morgan fingerprint density at radius 3 is 2.70 bits per heavy atom. The molecule has 0 aromatic rings. The Balaban J connectivity index is 0.00000361. The first-order chi connectivity index (χ1) is 8.94. The molecule has 2 N–H and O–H groups in total. The van der Waals surface area contributed by atoms with E-state index >= 15 is 0 Å². The normalized spacial score (nSPS) is 19.3. The van der Waals surface area contributed by atoms with Gasteiger partial charge in [0.1, 0.15) is 0 Å². The van der Waals surface area contributed by atoms with Gasteiger partial charge in [0, 0.05) is 26.0 Å². The standard InChI is InChI=1S/C14H28N2O2S.ClH/c1-14(2,10-15)11-16(3)13(17)9-19-8-12-6-4-5-7-18-12;/h12H,4-11,15H2,1-3H3;1H. The molecule has 1 heterocycles. The first-order valence-corrected chi connectivity index (χ1v) is 8.23. The molecule has 1 aliphatic rings. The molecule has 0 radical (unpaired) electrons. The molecule has 20 heavy (non-hydrogen) atoms. The molecule has 0 aromatic carbocycles. The summed E-state index contributed by atoms with van der Waals surface area (Å²) in [6.45, 7) is 6.35. The van der Waals surface area contributed by atoms with Gasteiger partial charge in [0.2, 0.25) is 5.91 Å². The van der Waals surface area contributed by atoms with Crippen LogP contribution >= 0.6 is 24.2 Å². The second kappa shape index (κ2) is 9.87. The molecule has 1 aliphatic heterocycles. The Hall–Kier alpha value is 0.0300. The third kappa shape index (κ3) is 7.72. The Labute approximate surface area is 133 Å². The first kappa shape index (κ1) is 20.0. The number of thioether (sulfide) groups is 1. The van der Waals surface area contributed by atoms with E-state index in [2.05, 4.69) is 13.8 Å². The molecule has 1 atom stereocenters. The number of ether oxygens (including phenoxy) is 1. The molecule has 0 aromatic heterocycles. The lowest BCUT2D eigenvalue weighted by atomic mass is 9.93. The van der Waals surface area contributed by atoms with Gasteiger partial charge in [0.05, 0.1) is 11.9 Å². The van der Waals surface area contributed by atoms with Gasteiger partial charge in [-0.25, -0.2) is 0 Å². The molecular weight excluding hydrogens is 296 g/mol. The van der Waals surface area contributed by atoms with Crippen molar-refractivity contribution < 1.29 is 9.53 Å². The van der Waals surface area contributed by atoms with Gasteiger partial charge in [-0.3, -0.25) is 4.79 Å². The average Bonchev–Trinajstić information content (AvgIpc) is 2.39. The van der Waals surface area contributed by atoms with Crippen LogP contribution < -0.4 is 5.73 Å². The number of rotatable bonds is 7. The van der Waals surface area contributed by atoms with E-state index in [0.29, 0.717) is 24.9 Å². The van der Waals surface area contributed by atoms with Gasteiger partial charge in [0.25, 0.3) is 0 Å². The van der Waals surface area contributed by atoms with Gasteiger partial charge in [-0.05, 0) is 31.2 Å². The van der Waals surface area contributed by atoms with Crippen LogP contribution in [-0.2, 0) is 9.53 Å². The topological polar surface area (TPSA) is 55.6 Å². The number of carbonyl (C=O) groups is 1. The number of nitrogens with two attached hydrogens (primary N) is 1. The molecule has 1 saturated heterocycles. The molecule has 1 unspecified atom stereocenters. The molecule has 0 spiro atoms. The summed E-state index contributed by atoms with van der Waals surface area (Å²) in [7, 11) is 1.86. The van der Waals surface area contributed by atoms with Crippen molar-refractivity contribution in [2.75, 3.05) is 38.2 Å². The number of hydrogen-bond acceptors (Lipinski definition) is 4. The molecule has 1 amide bonds. The Morgan fingerprint density at radius 2 is 2.15 bits per heavy atom. The SMILES string of the molecule is CN(CC(C)(C)CN)C(=O)CSCC1CCCCO1.Cl. The van der Waals surface area contributed by atoms with Gasteiger partial charge in [-0.2, -0.15) is 0 Å². The van der Waals surface area contributed by atoms with Crippen LogP contribution in [0, 0.1) is 5.41 Å². The summed E-state index contributed by atoms with van der Waals surface area (Å²) in [6.07, 6.45) is 3.91. The minimum absolute atomic E-state index is 0. The maximum atomic E-state index is 12.0. The van der Waals surface area contributed by atoms with E-state index in [1.807, 2.05) is 7.05 Å².